The Kier molecular flexibility index (Phi) is 3.98. The number of nitrogen functional groups attached to an aromatic ring is 1. The summed E-state index contributed by atoms with van der Waals surface area (Å²) >= 11 is 0. The van der Waals surface area contributed by atoms with E-state index in [-0.39, 0.29) is 18.0 Å². The van der Waals surface area contributed by atoms with Crippen LogP contribution < -0.4 is 5.73 Å². The molecule has 0 spiro atoms. The van der Waals surface area contributed by atoms with Crippen LogP contribution in [-0.4, -0.2) is 17.9 Å². The number of hydrogen-bond acceptors (Lipinski definition) is 2. The van der Waals surface area contributed by atoms with Gasteiger partial charge in [0.2, 0.25) is 0 Å². The summed E-state index contributed by atoms with van der Waals surface area (Å²) < 4.78 is 26.4. The summed E-state index contributed by atoms with van der Waals surface area (Å²) in [5.74, 6) is -1.63. The Bertz CT molecular complexity index is 644. The fraction of sp³-hybridized carbons (Fsp3) is 0.133. The van der Waals surface area contributed by atoms with Gasteiger partial charge in [-0.1, -0.05) is 18.2 Å². The van der Waals surface area contributed by atoms with Gasteiger partial charge < -0.3 is 10.6 Å². The van der Waals surface area contributed by atoms with Crippen LogP contribution in [0.15, 0.2) is 42.5 Å². The lowest BCUT2D eigenvalue weighted by Crippen LogP contribution is -2.27. The molecular weight excluding hydrogens is 262 g/mol. The standard InChI is InChI=1S/C15H14F2N2O/c1-19(9-10-6-7-11(16)8-13(10)17)15(20)12-4-2-3-5-14(12)18/h2-8H,9,18H2,1H3. The highest BCUT2D eigenvalue weighted by Gasteiger charge is 2.16. The average molecular weight is 276 g/mol. The van der Waals surface area contributed by atoms with Crippen LogP contribution in [0.4, 0.5) is 14.5 Å². The molecule has 0 heterocycles. The number of nitrogens with zero attached hydrogens (tertiary/aromatic N) is 1. The van der Waals surface area contributed by atoms with Crippen LogP contribution in [0.25, 0.3) is 0 Å². The van der Waals surface area contributed by atoms with Gasteiger partial charge in [0, 0.05) is 30.9 Å². The van der Waals surface area contributed by atoms with E-state index in [0.29, 0.717) is 11.3 Å². The zero-order chi connectivity index (χ0) is 14.7. The molecule has 0 radical (unpaired) electrons. The summed E-state index contributed by atoms with van der Waals surface area (Å²) in [4.78, 5) is 13.5. The van der Waals surface area contributed by atoms with Gasteiger partial charge in [-0.2, -0.15) is 0 Å². The minimum atomic E-state index is -0.675. The molecule has 104 valence electrons. The van der Waals surface area contributed by atoms with Gasteiger partial charge in [0.15, 0.2) is 0 Å². The first-order valence-electron chi connectivity index (χ1n) is 6.03. The Morgan fingerprint density at radius 1 is 1.20 bits per heavy atom. The number of rotatable bonds is 3. The monoisotopic (exact) mass is 276 g/mol. The van der Waals surface area contributed by atoms with Gasteiger partial charge in [0.05, 0.1) is 5.56 Å². The fourth-order valence-electron chi connectivity index (χ4n) is 1.87. The smallest absolute Gasteiger partial charge is 0.255 e. The maximum atomic E-state index is 13.6. The summed E-state index contributed by atoms with van der Waals surface area (Å²) in [6, 6.07) is 9.94. The largest absolute Gasteiger partial charge is 0.398 e. The zero-order valence-corrected chi connectivity index (χ0v) is 10.9. The molecule has 2 N–H and O–H groups in total. The van der Waals surface area contributed by atoms with Crippen molar-refractivity contribution >= 4 is 11.6 Å². The Morgan fingerprint density at radius 3 is 2.55 bits per heavy atom. The molecule has 0 aromatic heterocycles. The Hall–Kier alpha value is -2.43. The van der Waals surface area contributed by atoms with E-state index in [1.165, 1.54) is 18.0 Å². The van der Waals surface area contributed by atoms with Crippen LogP contribution in [0.2, 0.25) is 0 Å². The van der Waals surface area contributed by atoms with Crippen molar-refractivity contribution in [3.05, 3.63) is 65.2 Å². The van der Waals surface area contributed by atoms with E-state index in [9.17, 15) is 13.6 Å². The molecule has 1 amide bonds. The molecule has 0 unspecified atom stereocenters. The van der Waals surface area contributed by atoms with E-state index in [1.54, 1.807) is 24.3 Å². The number of anilines is 1. The molecule has 20 heavy (non-hydrogen) atoms. The lowest BCUT2D eigenvalue weighted by atomic mass is 10.1. The molecule has 0 bridgehead atoms. The topological polar surface area (TPSA) is 46.3 Å². The highest BCUT2D eigenvalue weighted by Crippen LogP contribution is 2.16. The highest BCUT2D eigenvalue weighted by molar-refractivity contribution is 5.98. The maximum Gasteiger partial charge on any atom is 0.255 e. The second-order valence-electron chi connectivity index (χ2n) is 4.48. The molecule has 0 saturated carbocycles. The van der Waals surface area contributed by atoms with Crippen LogP contribution in [0, 0.1) is 11.6 Å². The Balaban J connectivity index is 2.18. The number of hydrogen-bond donors (Lipinski definition) is 1. The van der Waals surface area contributed by atoms with Gasteiger partial charge in [-0.15, -0.1) is 0 Å². The van der Waals surface area contributed by atoms with Crippen LogP contribution in [0.1, 0.15) is 15.9 Å². The molecule has 3 nitrogen and oxygen atoms in total. The summed E-state index contributed by atoms with van der Waals surface area (Å²) in [7, 11) is 1.54. The van der Waals surface area contributed by atoms with Crippen molar-refractivity contribution in [2.45, 2.75) is 6.54 Å². The predicted molar refractivity (Wildman–Crippen MR) is 73.0 cm³/mol. The average Bonchev–Trinajstić information content (AvgIpc) is 2.41. The summed E-state index contributed by atoms with van der Waals surface area (Å²) in [6.45, 7) is 0.0410. The van der Waals surface area contributed by atoms with E-state index >= 15 is 0 Å². The van der Waals surface area contributed by atoms with Crippen molar-refractivity contribution in [3.63, 3.8) is 0 Å². The molecule has 0 aliphatic rings. The van der Waals surface area contributed by atoms with Gasteiger partial charge in [-0.3, -0.25) is 4.79 Å². The minimum absolute atomic E-state index is 0.0410. The SMILES string of the molecule is CN(Cc1ccc(F)cc1F)C(=O)c1ccccc1N. The number of carbonyl (C=O) groups is 1. The van der Waals surface area contributed by atoms with Crippen LogP contribution >= 0.6 is 0 Å². The second-order valence-corrected chi connectivity index (χ2v) is 4.48. The van der Waals surface area contributed by atoms with Gasteiger partial charge in [0.25, 0.3) is 5.91 Å². The van der Waals surface area contributed by atoms with Crippen molar-refractivity contribution in [1.82, 2.24) is 4.90 Å². The number of benzene rings is 2. The van der Waals surface area contributed by atoms with Crippen LogP contribution in [0.5, 0.6) is 0 Å². The molecule has 5 heteroatoms. The van der Waals surface area contributed by atoms with E-state index in [0.717, 1.165) is 12.1 Å². The van der Waals surface area contributed by atoms with Crippen molar-refractivity contribution in [1.29, 1.82) is 0 Å². The van der Waals surface area contributed by atoms with Gasteiger partial charge >= 0.3 is 0 Å². The molecular formula is C15H14F2N2O. The molecule has 2 rings (SSSR count). The molecule has 2 aromatic carbocycles. The van der Waals surface area contributed by atoms with Crippen molar-refractivity contribution < 1.29 is 13.6 Å². The van der Waals surface area contributed by atoms with E-state index in [4.69, 9.17) is 5.73 Å². The van der Waals surface area contributed by atoms with Crippen molar-refractivity contribution in [3.8, 4) is 0 Å². The third-order valence-electron chi connectivity index (χ3n) is 2.96. The third-order valence-corrected chi connectivity index (χ3v) is 2.96. The molecule has 0 atom stereocenters. The van der Waals surface area contributed by atoms with Gasteiger partial charge in [0.1, 0.15) is 11.6 Å². The van der Waals surface area contributed by atoms with Crippen molar-refractivity contribution in [2.24, 2.45) is 0 Å². The lowest BCUT2D eigenvalue weighted by molar-refractivity contribution is 0.0785. The molecule has 0 aliphatic carbocycles. The first kappa shape index (κ1) is 14.0. The molecule has 2 aromatic rings. The first-order valence-corrected chi connectivity index (χ1v) is 6.03. The predicted octanol–water partition coefficient (Wildman–Crippen LogP) is 2.82. The third kappa shape index (κ3) is 2.93. The second kappa shape index (κ2) is 5.69. The fourth-order valence-corrected chi connectivity index (χ4v) is 1.87. The number of para-hydroxylation sites is 1. The quantitative estimate of drug-likeness (QED) is 0.876. The Morgan fingerprint density at radius 2 is 1.90 bits per heavy atom. The molecule has 0 fully saturated rings. The summed E-state index contributed by atoms with van der Waals surface area (Å²) in [6.07, 6.45) is 0. The molecule has 0 saturated heterocycles. The van der Waals surface area contributed by atoms with E-state index in [1.807, 2.05) is 0 Å². The normalized spacial score (nSPS) is 10.3. The Labute approximate surface area is 115 Å². The number of halogens is 2. The number of amides is 1. The molecule has 0 aliphatic heterocycles. The highest BCUT2D eigenvalue weighted by atomic mass is 19.1. The van der Waals surface area contributed by atoms with Crippen LogP contribution in [-0.2, 0) is 6.54 Å². The van der Waals surface area contributed by atoms with Gasteiger partial charge in [-0.05, 0) is 18.2 Å². The zero-order valence-electron chi connectivity index (χ0n) is 10.9. The van der Waals surface area contributed by atoms with Gasteiger partial charge in [-0.25, -0.2) is 8.78 Å². The van der Waals surface area contributed by atoms with Crippen molar-refractivity contribution in [2.75, 3.05) is 12.8 Å². The number of nitrogens with two attached hydrogens (primary N) is 1. The summed E-state index contributed by atoms with van der Waals surface area (Å²) in [5, 5.41) is 0. The maximum absolute atomic E-state index is 13.6. The lowest BCUT2D eigenvalue weighted by Gasteiger charge is -2.18. The summed E-state index contributed by atoms with van der Waals surface area (Å²) in [5.41, 5.74) is 6.70. The minimum Gasteiger partial charge on any atom is -0.398 e. The first-order chi connectivity index (χ1) is 9.49. The number of carbonyl (C=O) groups excluding carboxylic acids is 1. The van der Waals surface area contributed by atoms with E-state index < -0.39 is 11.6 Å². The van der Waals surface area contributed by atoms with Crippen LogP contribution in [0.3, 0.4) is 0 Å². The van der Waals surface area contributed by atoms with E-state index in [2.05, 4.69) is 0 Å².